The van der Waals surface area contributed by atoms with Crippen molar-refractivity contribution in [1.82, 2.24) is 4.90 Å². The van der Waals surface area contributed by atoms with Crippen molar-refractivity contribution in [2.24, 2.45) is 17.3 Å². The molecule has 2 rings (SSSR count). The van der Waals surface area contributed by atoms with Gasteiger partial charge in [-0.2, -0.15) is 0 Å². The van der Waals surface area contributed by atoms with Crippen LogP contribution in [-0.2, 0) is 14.3 Å². The third-order valence-corrected chi connectivity index (χ3v) is 7.11. The topological polar surface area (TPSA) is 87.2 Å². The standard InChI is InChI=1S/C26H38N2O5S/c1-17-8-10-19(11-9-17)24(30)28(18(2)23(29)27(6)14-15-33-7)21-16-20(12-13-26(3,4)5)34-22(21)25(31)32/h16-19H,8-11,14-15H2,1-7H3,(H,31,32)/t17?,18-,19?/m0/s1. The number of aromatic carboxylic acids is 1. The molecule has 34 heavy (non-hydrogen) atoms. The Hall–Kier alpha value is -2.37. The van der Waals surface area contributed by atoms with Gasteiger partial charge in [-0.1, -0.05) is 18.8 Å². The van der Waals surface area contributed by atoms with E-state index in [1.807, 2.05) is 20.8 Å². The van der Waals surface area contributed by atoms with Crippen LogP contribution in [0.5, 0.6) is 0 Å². The minimum absolute atomic E-state index is 0.0231. The van der Waals surface area contributed by atoms with Gasteiger partial charge >= 0.3 is 5.97 Å². The SMILES string of the molecule is COCCN(C)C(=O)[C@H](C)N(C(=O)C1CCC(C)CC1)c1cc(C#CC(C)(C)C)sc1C(=O)O. The van der Waals surface area contributed by atoms with Gasteiger partial charge in [0, 0.05) is 32.0 Å². The Bertz CT molecular complexity index is 945. The van der Waals surface area contributed by atoms with E-state index < -0.39 is 12.0 Å². The largest absolute Gasteiger partial charge is 0.477 e. The van der Waals surface area contributed by atoms with Crippen molar-refractivity contribution in [1.29, 1.82) is 0 Å². The second-order valence-electron chi connectivity index (χ2n) is 10.2. The van der Waals surface area contributed by atoms with Gasteiger partial charge in [0.1, 0.15) is 10.9 Å². The van der Waals surface area contributed by atoms with Crippen molar-refractivity contribution in [3.05, 3.63) is 15.8 Å². The molecule has 0 bridgehead atoms. The zero-order valence-corrected chi connectivity index (χ0v) is 22.3. The number of hydrogen-bond acceptors (Lipinski definition) is 5. The summed E-state index contributed by atoms with van der Waals surface area (Å²) in [5.41, 5.74) is -0.00451. The van der Waals surface area contributed by atoms with Gasteiger partial charge in [0.25, 0.3) is 0 Å². The van der Waals surface area contributed by atoms with Gasteiger partial charge in [-0.05, 0) is 65.4 Å². The van der Waals surface area contributed by atoms with E-state index in [4.69, 9.17) is 4.74 Å². The number of thiophene rings is 1. The third kappa shape index (κ3) is 7.31. The summed E-state index contributed by atoms with van der Waals surface area (Å²) in [5.74, 6) is 4.91. The summed E-state index contributed by atoms with van der Waals surface area (Å²) >= 11 is 1.04. The zero-order valence-electron chi connectivity index (χ0n) is 21.4. The maximum absolute atomic E-state index is 13.8. The molecule has 7 nitrogen and oxygen atoms in total. The van der Waals surface area contributed by atoms with Crippen LogP contribution in [0.3, 0.4) is 0 Å². The van der Waals surface area contributed by atoms with Crippen molar-refractivity contribution in [3.63, 3.8) is 0 Å². The Kier molecular flexibility index (Phi) is 9.72. The second kappa shape index (κ2) is 11.9. The number of carbonyl (C=O) groups is 3. The maximum atomic E-state index is 13.8. The molecular weight excluding hydrogens is 452 g/mol. The molecule has 1 aromatic heterocycles. The van der Waals surface area contributed by atoms with Crippen LogP contribution in [0.4, 0.5) is 5.69 Å². The van der Waals surface area contributed by atoms with Gasteiger partial charge in [0.05, 0.1) is 17.2 Å². The zero-order chi connectivity index (χ0) is 25.6. The van der Waals surface area contributed by atoms with Gasteiger partial charge in [-0.15, -0.1) is 11.3 Å². The first-order valence-corrected chi connectivity index (χ1v) is 12.6. The molecule has 1 saturated carbocycles. The summed E-state index contributed by atoms with van der Waals surface area (Å²) in [6.45, 7) is 10.5. The number of anilines is 1. The molecule has 1 fully saturated rings. The van der Waals surface area contributed by atoms with Gasteiger partial charge in [-0.3, -0.25) is 14.5 Å². The number of likely N-dealkylation sites (N-methyl/N-ethyl adjacent to an activating group) is 1. The third-order valence-electron chi connectivity index (χ3n) is 6.08. The van der Waals surface area contributed by atoms with E-state index in [2.05, 4.69) is 18.8 Å². The monoisotopic (exact) mass is 490 g/mol. The van der Waals surface area contributed by atoms with Crippen molar-refractivity contribution in [2.75, 3.05) is 32.2 Å². The molecule has 0 aromatic carbocycles. The first-order chi connectivity index (χ1) is 15.9. The smallest absolute Gasteiger partial charge is 0.348 e. The number of hydrogen-bond donors (Lipinski definition) is 1. The van der Waals surface area contributed by atoms with Crippen LogP contribution in [0.25, 0.3) is 0 Å². The highest BCUT2D eigenvalue weighted by atomic mass is 32.1. The Balaban J connectivity index is 2.53. The van der Waals surface area contributed by atoms with Crippen LogP contribution in [0.15, 0.2) is 6.07 Å². The normalized spacial score (nSPS) is 19.0. The molecule has 1 heterocycles. The molecule has 0 saturated heterocycles. The summed E-state index contributed by atoms with van der Waals surface area (Å²) in [6.07, 6.45) is 3.36. The van der Waals surface area contributed by atoms with E-state index in [9.17, 15) is 19.5 Å². The van der Waals surface area contributed by atoms with Gasteiger partial charge in [-0.25, -0.2) is 4.79 Å². The quantitative estimate of drug-likeness (QED) is 0.542. The average molecular weight is 491 g/mol. The Morgan fingerprint density at radius 1 is 1.24 bits per heavy atom. The molecule has 188 valence electrons. The fourth-order valence-corrected chi connectivity index (χ4v) is 4.86. The number of carbonyl (C=O) groups excluding carboxylic acids is 2. The van der Waals surface area contributed by atoms with Crippen LogP contribution < -0.4 is 4.90 Å². The highest BCUT2D eigenvalue weighted by Gasteiger charge is 2.37. The number of methoxy groups -OCH3 is 1. The van der Waals surface area contributed by atoms with E-state index in [0.29, 0.717) is 23.9 Å². The number of amides is 2. The first-order valence-electron chi connectivity index (χ1n) is 11.8. The maximum Gasteiger partial charge on any atom is 0.348 e. The average Bonchev–Trinajstić information content (AvgIpc) is 3.19. The Morgan fingerprint density at radius 3 is 2.38 bits per heavy atom. The molecule has 0 spiro atoms. The molecule has 2 amide bonds. The minimum atomic E-state index is -1.13. The lowest BCUT2D eigenvalue weighted by Gasteiger charge is -2.35. The van der Waals surface area contributed by atoms with E-state index in [-0.39, 0.29) is 33.7 Å². The molecule has 1 aliphatic rings. The van der Waals surface area contributed by atoms with Crippen LogP contribution >= 0.6 is 11.3 Å². The molecular formula is C26H38N2O5S. The first kappa shape index (κ1) is 27.9. The molecule has 0 unspecified atom stereocenters. The fourth-order valence-electron chi connectivity index (χ4n) is 4.01. The second-order valence-corrected chi connectivity index (χ2v) is 11.3. The van der Waals surface area contributed by atoms with Crippen molar-refractivity contribution in [2.45, 2.75) is 66.3 Å². The lowest BCUT2D eigenvalue weighted by atomic mass is 9.82. The molecule has 0 aliphatic heterocycles. The highest BCUT2D eigenvalue weighted by molar-refractivity contribution is 7.15. The molecule has 1 atom stereocenters. The Labute approximate surface area is 207 Å². The van der Waals surface area contributed by atoms with Crippen LogP contribution in [0, 0.1) is 29.1 Å². The summed E-state index contributed by atoms with van der Waals surface area (Å²) in [6, 6.07) is 0.791. The number of ether oxygens (including phenoxy) is 1. The van der Waals surface area contributed by atoms with Crippen LogP contribution in [-0.4, -0.2) is 61.1 Å². The van der Waals surface area contributed by atoms with E-state index in [1.165, 1.54) is 9.80 Å². The number of rotatable bonds is 8. The van der Waals surface area contributed by atoms with Crippen LogP contribution in [0.1, 0.15) is 74.9 Å². The number of carboxylic acids is 1. The molecule has 1 N–H and O–H groups in total. The Morgan fingerprint density at radius 2 is 1.85 bits per heavy atom. The predicted octanol–water partition coefficient (Wildman–Crippen LogP) is 4.50. The lowest BCUT2D eigenvalue weighted by Crippen LogP contribution is -2.51. The summed E-state index contributed by atoms with van der Waals surface area (Å²) in [7, 11) is 3.22. The highest BCUT2D eigenvalue weighted by Crippen LogP contribution is 2.36. The summed E-state index contributed by atoms with van der Waals surface area (Å²) < 4.78 is 5.08. The summed E-state index contributed by atoms with van der Waals surface area (Å²) in [4.78, 5) is 42.7. The van der Waals surface area contributed by atoms with Crippen LogP contribution in [0.2, 0.25) is 0 Å². The van der Waals surface area contributed by atoms with Gasteiger partial charge < -0.3 is 14.7 Å². The van der Waals surface area contributed by atoms with Crippen molar-refractivity contribution >= 4 is 34.8 Å². The van der Waals surface area contributed by atoms with E-state index >= 15 is 0 Å². The number of carboxylic acid groups (broad SMARTS) is 1. The summed E-state index contributed by atoms with van der Waals surface area (Å²) in [5, 5.41) is 9.94. The van der Waals surface area contributed by atoms with Crippen molar-refractivity contribution in [3.8, 4) is 11.8 Å². The predicted molar refractivity (Wildman–Crippen MR) is 135 cm³/mol. The minimum Gasteiger partial charge on any atom is -0.477 e. The fraction of sp³-hybridized carbons (Fsp3) is 0.654. The van der Waals surface area contributed by atoms with E-state index in [0.717, 1.165) is 37.0 Å². The van der Waals surface area contributed by atoms with Crippen molar-refractivity contribution < 1.29 is 24.2 Å². The van der Waals surface area contributed by atoms with Gasteiger partial charge in [0.15, 0.2) is 0 Å². The van der Waals surface area contributed by atoms with Gasteiger partial charge in [0.2, 0.25) is 11.8 Å². The molecule has 1 aliphatic carbocycles. The molecule has 8 heteroatoms. The van der Waals surface area contributed by atoms with E-state index in [1.54, 1.807) is 27.1 Å². The lowest BCUT2D eigenvalue weighted by molar-refractivity contribution is -0.134. The number of nitrogens with zero attached hydrogens (tertiary/aromatic N) is 2. The molecule has 1 aromatic rings. The molecule has 0 radical (unpaired) electrons.